The van der Waals surface area contributed by atoms with Crippen molar-refractivity contribution >= 4 is 93.7 Å². The minimum absolute atomic E-state index is 0.829. The largest absolute Gasteiger partial charge is 0.309 e. The molecule has 0 saturated carbocycles. The van der Waals surface area contributed by atoms with Crippen molar-refractivity contribution < 1.29 is 4.57 Å². The summed E-state index contributed by atoms with van der Waals surface area (Å²) in [6, 6.07) is 65.5. The first-order chi connectivity index (χ1) is 26.2. The van der Waals surface area contributed by atoms with E-state index in [0.29, 0.717) is 0 Å². The molecule has 0 radical (unpaired) electrons. The fraction of sp³-hybridized carbons (Fsp3) is 0. The van der Waals surface area contributed by atoms with Crippen LogP contribution in [0, 0.1) is 0 Å². The van der Waals surface area contributed by atoms with Crippen LogP contribution in [0.25, 0.3) is 81.8 Å². The summed E-state index contributed by atoms with van der Waals surface area (Å²) in [5, 5.41) is 12.9. The van der Waals surface area contributed by atoms with Gasteiger partial charge in [0.2, 0.25) is 0 Å². The van der Waals surface area contributed by atoms with Crippen LogP contribution < -0.4 is 15.9 Å². The van der Waals surface area contributed by atoms with Crippen molar-refractivity contribution in [1.82, 2.24) is 9.38 Å². The lowest BCUT2D eigenvalue weighted by atomic mass is 9.97. The molecule has 53 heavy (non-hydrogen) atoms. The van der Waals surface area contributed by atoms with E-state index in [2.05, 4.69) is 132 Å². The van der Waals surface area contributed by atoms with E-state index in [4.69, 9.17) is 4.98 Å². The second kappa shape index (κ2) is 11.5. The molecule has 4 heteroatoms. The number of pyridine rings is 1. The van der Waals surface area contributed by atoms with Crippen molar-refractivity contribution in [2.24, 2.45) is 0 Å². The van der Waals surface area contributed by atoms with Crippen LogP contribution in [-0.2, 0) is 4.57 Å². The van der Waals surface area contributed by atoms with Gasteiger partial charge in [0.05, 0.1) is 16.6 Å². The second-order valence-electron chi connectivity index (χ2n) is 13.9. The number of benzene rings is 9. The van der Waals surface area contributed by atoms with Crippen LogP contribution in [0.15, 0.2) is 188 Å². The number of rotatable bonds is 4. The maximum Gasteiger partial charge on any atom is 0.171 e. The Morgan fingerprint density at radius 1 is 0.434 bits per heavy atom. The third-order valence-electron chi connectivity index (χ3n) is 11.0. The zero-order chi connectivity index (χ0) is 35.1. The average Bonchev–Trinajstić information content (AvgIpc) is 3.62. The highest BCUT2D eigenvalue weighted by atomic mass is 31.2. The molecule has 0 aliphatic rings. The van der Waals surface area contributed by atoms with E-state index in [9.17, 15) is 0 Å². The van der Waals surface area contributed by atoms with Crippen molar-refractivity contribution in [3.8, 4) is 11.1 Å². The summed E-state index contributed by atoms with van der Waals surface area (Å²) in [6.45, 7) is 0. The van der Waals surface area contributed by atoms with Crippen LogP contribution in [0.2, 0.25) is 0 Å². The molecule has 0 unspecified atom stereocenters. The second-order valence-corrected chi connectivity index (χ2v) is 16.6. The zero-order valence-electron chi connectivity index (χ0n) is 28.6. The van der Waals surface area contributed by atoms with Crippen molar-refractivity contribution in [3.63, 3.8) is 0 Å². The number of aromatic nitrogens is 2. The lowest BCUT2D eigenvalue weighted by Gasteiger charge is -2.22. The first kappa shape index (κ1) is 30.1. The Labute approximate surface area is 305 Å². The highest BCUT2D eigenvalue weighted by Crippen LogP contribution is 2.46. The molecule has 0 aliphatic carbocycles. The summed E-state index contributed by atoms with van der Waals surface area (Å²) in [7, 11) is -3.20. The fourth-order valence-corrected chi connectivity index (χ4v) is 11.4. The number of nitrogens with zero attached hydrogens (tertiary/aromatic N) is 2. The minimum Gasteiger partial charge on any atom is -0.309 e. The molecule has 3 nitrogen and oxygen atoms in total. The van der Waals surface area contributed by atoms with Crippen LogP contribution in [-0.4, -0.2) is 9.38 Å². The van der Waals surface area contributed by atoms with E-state index in [0.717, 1.165) is 65.4 Å². The number of hydrogen-bond donors (Lipinski definition) is 0. The smallest absolute Gasteiger partial charge is 0.171 e. The SMILES string of the molecule is O=P(c1ccccc1)(c1ccccc1)c1ccc(-c2ccc3nc4c5c6ccccc6ccc5c5cc6ccccc6cc5n4c3c2)c2ccccc12. The van der Waals surface area contributed by atoms with Gasteiger partial charge >= 0.3 is 0 Å². The fourth-order valence-electron chi connectivity index (χ4n) is 8.53. The molecule has 2 aromatic heterocycles. The van der Waals surface area contributed by atoms with Gasteiger partial charge in [-0.25, -0.2) is 4.98 Å². The molecular weight excluding hydrogens is 664 g/mol. The van der Waals surface area contributed by atoms with E-state index in [-0.39, 0.29) is 0 Å². The zero-order valence-corrected chi connectivity index (χ0v) is 29.5. The molecule has 11 rings (SSSR count). The number of imidazole rings is 1. The van der Waals surface area contributed by atoms with Gasteiger partial charge in [0, 0.05) is 26.7 Å². The van der Waals surface area contributed by atoms with Crippen LogP contribution in [0.1, 0.15) is 0 Å². The topological polar surface area (TPSA) is 34.4 Å². The molecule has 0 bridgehead atoms. The Balaban J connectivity index is 1.21. The Morgan fingerprint density at radius 3 is 1.79 bits per heavy atom. The van der Waals surface area contributed by atoms with Crippen molar-refractivity contribution in [2.45, 2.75) is 0 Å². The molecule has 0 spiro atoms. The van der Waals surface area contributed by atoms with E-state index in [1.807, 2.05) is 60.7 Å². The molecule has 248 valence electrons. The minimum atomic E-state index is -3.20. The van der Waals surface area contributed by atoms with Gasteiger partial charge in [-0.1, -0.05) is 158 Å². The first-order valence-corrected chi connectivity index (χ1v) is 19.7. The van der Waals surface area contributed by atoms with E-state index in [1.54, 1.807) is 0 Å². The van der Waals surface area contributed by atoms with Gasteiger partial charge in [0.15, 0.2) is 7.14 Å². The van der Waals surface area contributed by atoms with Gasteiger partial charge in [0.1, 0.15) is 5.65 Å². The summed E-state index contributed by atoms with van der Waals surface area (Å²) in [5.41, 5.74) is 6.27. The molecule has 0 amide bonds. The summed E-state index contributed by atoms with van der Waals surface area (Å²) in [6.07, 6.45) is 0. The first-order valence-electron chi connectivity index (χ1n) is 18.0. The van der Waals surface area contributed by atoms with Gasteiger partial charge in [-0.15, -0.1) is 0 Å². The Hall–Kier alpha value is -6.54. The predicted octanol–water partition coefficient (Wildman–Crippen LogP) is 11.6. The molecule has 0 saturated heterocycles. The molecule has 2 heterocycles. The third kappa shape index (κ3) is 4.41. The quantitative estimate of drug-likeness (QED) is 0.104. The van der Waals surface area contributed by atoms with Crippen LogP contribution in [0.3, 0.4) is 0 Å². The lowest BCUT2D eigenvalue weighted by molar-refractivity contribution is 0.592. The highest BCUT2D eigenvalue weighted by molar-refractivity contribution is 7.85. The molecule has 0 N–H and O–H groups in total. The Bertz CT molecular complexity index is 3270. The van der Waals surface area contributed by atoms with Gasteiger partial charge < -0.3 is 4.57 Å². The van der Waals surface area contributed by atoms with Crippen molar-refractivity contribution in [2.75, 3.05) is 0 Å². The number of hydrogen-bond acceptors (Lipinski definition) is 2. The molecule has 9 aromatic carbocycles. The molecule has 11 aromatic rings. The maximum absolute atomic E-state index is 15.6. The van der Waals surface area contributed by atoms with Crippen molar-refractivity contribution in [1.29, 1.82) is 0 Å². The monoisotopic (exact) mass is 694 g/mol. The van der Waals surface area contributed by atoms with Crippen LogP contribution in [0.4, 0.5) is 0 Å². The normalized spacial score (nSPS) is 12.2. The third-order valence-corrected chi connectivity index (χ3v) is 14.1. The summed E-state index contributed by atoms with van der Waals surface area (Å²) >= 11 is 0. The molecule has 0 aliphatic heterocycles. The van der Waals surface area contributed by atoms with E-state index in [1.165, 1.54) is 32.3 Å². The molecule has 0 atom stereocenters. The molecular formula is C49H31N2OP. The summed E-state index contributed by atoms with van der Waals surface area (Å²) in [4.78, 5) is 5.36. The van der Waals surface area contributed by atoms with E-state index >= 15 is 4.57 Å². The number of fused-ring (bicyclic) bond motifs is 12. The average molecular weight is 695 g/mol. The predicted molar refractivity (Wildman–Crippen MR) is 225 cm³/mol. The highest BCUT2D eigenvalue weighted by Gasteiger charge is 2.31. The van der Waals surface area contributed by atoms with Crippen molar-refractivity contribution in [3.05, 3.63) is 188 Å². The summed E-state index contributed by atoms with van der Waals surface area (Å²) in [5.74, 6) is 0. The van der Waals surface area contributed by atoms with Crippen LogP contribution >= 0.6 is 7.14 Å². The van der Waals surface area contributed by atoms with E-state index < -0.39 is 7.14 Å². The summed E-state index contributed by atoms with van der Waals surface area (Å²) < 4.78 is 17.9. The maximum atomic E-state index is 15.6. The lowest BCUT2D eigenvalue weighted by Crippen LogP contribution is -2.25. The molecule has 0 fully saturated rings. The van der Waals surface area contributed by atoms with Gasteiger partial charge in [0.25, 0.3) is 0 Å². The van der Waals surface area contributed by atoms with Gasteiger partial charge in [-0.05, 0) is 79.2 Å². The standard InChI is InChI=1S/C49H31N2OP/c52-53(36-16-3-1-4-17-36,37-18-5-2-6-19-37)47-28-26-38(40-21-11-12-22-41(40)47)35-24-27-44-46(31-35)51-45-30-34-15-8-7-14-33(34)29-43(45)42-25-23-32-13-9-10-20-39(32)48(42)49(51)50-44/h1-31H. The van der Waals surface area contributed by atoms with Crippen LogP contribution in [0.5, 0.6) is 0 Å². The van der Waals surface area contributed by atoms with Gasteiger partial charge in [-0.3, -0.25) is 4.40 Å². The Morgan fingerprint density at radius 2 is 1.06 bits per heavy atom. The Kier molecular flexibility index (Phi) is 6.53. The van der Waals surface area contributed by atoms with Gasteiger partial charge in [-0.2, -0.15) is 0 Å².